The topological polar surface area (TPSA) is 78.9 Å². The molecular weight excluding hydrogens is 324 g/mol. The standard InChI is InChI=1S/C19H26O6/c1-5-23-16(20)13-15(14-11-9-8-10-12-14)19(4,17(21)24-6-2)18(22)25-7-3/h8-12,15H,5-7,13H2,1-4H3/t15-/m0/s1. The van der Waals surface area contributed by atoms with Crippen molar-refractivity contribution in [3.8, 4) is 0 Å². The fourth-order valence-corrected chi connectivity index (χ4v) is 2.66. The van der Waals surface area contributed by atoms with Crippen molar-refractivity contribution in [2.75, 3.05) is 19.8 Å². The summed E-state index contributed by atoms with van der Waals surface area (Å²) < 4.78 is 15.3. The van der Waals surface area contributed by atoms with E-state index in [-0.39, 0.29) is 26.2 Å². The number of hydrogen-bond acceptors (Lipinski definition) is 6. The maximum Gasteiger partial charge on any atom is 0.323 e. The summed E-state index contributed by atoms with van der Waals surface area (Å²) in [7, 11) is 0. The first-order valence-electron chi connectivity index (χ1n) is 8.46. The molecule has 0 aromatic heterocycles. The fraction of sp³-hybridized carbons (Fsp3) is 0.526. The highest BCUT2D eigenvalue weighted by molar-refractivity contribution is 6.01. The van der Waals surface area contributed by atoms with Crippen LogP contribution in [0.1, 0.15) is 45.6 Å². The molecule has 1 atom stereocenters. The summed E-state index contributed by atoms with van der Waals surface area (Å²) in [4.78, 5) is 37.4. The van der Waals surface area contributed by atoms with E-state index in [1.165, 1.54) is 6.92 Å². The van der Waals surface area contributed by atoms with Crippen LogP contribution in [0.15, 0.2) is 30.3 Å². The van der Waals surface area contributed by atoms with E-state index in [1.54, 1.807) is 45.0 Å². The number of hydrogen-bond donors (Lipinski definition) is 0. The van der Waals surface area contributed by atoms with E-state index >= 15 is 0 Å². The normalized spacial score (nSPS) is 12.2. The minimum Gasteiger partial charge on any atom is -0.466 e. The Kier molecular flexibility index (Phi) is 8.11. The van der Waals surface area contributed by atoms with Gasteiger partial charge in [0.25, 0.3) is 0 Å². The molecule has 1 aromatic rings. The van der Waals surface area contributed by atoms with Gasteiger partial charge in [-0.05, 0) is 33.3 Å². The molecule has 0 N–H and O–H groups in total. The highest BCUT2D eigenvalue weighted by Gasteiger charge is 2.52. The summed E-state index contributed by atoms with van der Waals surface area (Å²) in [5, 5.41) is 0. The first-order valence-corrected chi connectivity index (χ1v) is 8.46. The molecule has 0 saturated heterocycles. The molecule has 0 aliphatic carbocycles. The van der Waals surface area contributed by atoms with Crippen molar-refractivity contribution in [1.29, 1.82) is 0 Å². The molecule has 138 valence electrons. The van der Waals surface area contributed by atoms with Crippen molar-refractivity contribution < 1.29 is 28.6 Å². The van der Waals surface area contributed by atoms with Crippen molar-refractivity contribution in [3.05, 3.63) is 35.9 Å². The Morgan fingerprint density at radius 2 is 1.36 bits per heavy atom. The highest BCUT2D eigenvalue weighted by Crippen LogP contribution is 2.41. The van der Waals surface area contributed by atoms with Gasteiger partial charge in [-0.2, -0.15) is 0 Å². The smallest absolute Gasteiger partial charge is 0.323 e. The molecule has 0 saturated carbocycles. The first-order chi connectivity index (χ1) is 11.9. The molecule has 6 nitrogen and oxygen atoms in total. The Morgan fingerprint density at radius 3 is 1.80 bits per heavy atom. The van der Waals surface area contributed by atoms with Gasteiger partial charge in [-0.25, -0.2) is 0 Å². The molecule has 0 amide bonds. The fourth-order valence-electron chi connectivity index (χ4n) is 2.66. The molecule has 1 rings (SSSR count). The second-order valence-electron chi connectivity index (χ2n) is 5.62. The third kappa shape index (κ3) is 5.05. The Bertz CT molecular complexity index is 563. The molecule has 0 unspecified atom stereocenters. The Balaban J connectivity index is 3.38. The van der Waals surface area contributed by atoms with E-state index in [0.29, 0.717) is 5.56 Å². The zero-order chi connectivity index (χ0) is 18.9. The molecule has 0 aliphatic rings. The number of carbonyl (C=O) groups is 3. The molecular formula is C19H26O6. The van der Waals surface area contributed by atoms with Crippen molar-refractivity contribution >= 4 is 17.9 Å². The van der Waals surface area contributed by atoms with Crippen LogP contribution in [0.2, 0.25) is 0 Å². The summed E-state index contributed by atoms with van der Waals surface area (Å²) >= 11 is 0. The molecule has 0 aliphatic heterocycles. The quantitative estimate of drug-likeness (QED) is 0.387. The Labute approximate surface area is 148 Å². The van der Waals surface area contributed by atoms with E-state index in [1.807, 2.05) is 6.07 Å². The lowest BCUT2D eigenvalue weighted by Crippen LogP contribution is -2.45. The zero-order valence-corrected chi connectivity index (χ0v) is 15.2. The number of ether oxygens (including phenoxy) is 3. The predicted molar refractivity (Wildman–Crippen MR) is 91.8 cm³/mol. The maximum atomic E-state index is 12.7. The molecule has 1 aromatic carbocycles. The summed E-state index contributed by atoms with van der Waals surface area (Å²) in [5.41, 5.74) is -0.987. The summed E-state index contributed by atoms with van der Waals surface area (Å²) in [6.07, 6.45) is -0.133. The average molecular weight is 350 g/mol. The van der Waals surface area contributed by atoms with Crippen molar-refractivity contribution in [2.24, 2.45) is 5.41 Å². The first kappa shape index (κ1) is 20.7. The number of benzene rings is 1. The number of rotatable bonds is 9. The van der Waals surface area contributed by atoms with Crippen LogP contribution in [-0.4, -0.2) is 37.7 Å². The van der Waals surface area contributed by atoms with Crippen molar-refractivity contribution in [1.82, 2.24) is 0 Å². The van der Waals surface area contributed by atoms with Gasteiger partial charge >= 0.3 is 17.9 Å². The summed E-state index contributed by atoms with van der Waals surface area (Å²) in [5.74, 6) is -2.68. The monoisotopic (exact) mass is 350 g/mol. The second kappa shape index (κ2) is 9.81. The van der Waals surface area contributed by atoms with Crippen molar-refractivity contribution in [2.45, 2.75) is 40.0 Å². The summed E-state index contributed by atoms with van der Waals surface area (Å²) in [6, 6.07) is 8.91. The van der Waals surface area contributed by atoms with Crippen LogP contribution in [0.4, 0.5) is 0 Å². The summed E-state index contributed by atoms with van der Waals surface area (Å²) in [6.45, 7) is 6.93. The van der Waals surface area contributed by atoms with Crippen LogP contribution in [0.25, 0.3) is 0 Å². The highest BCUT2D eigenvalue weighted by atomic mass is 16.6. The van der Waals surface area contributed by atoms with E-state index in [0.717, 1.165) is 0 Å². The van der Waals surface area contributed by atoms with Gasteiger partial charge < -0.3 is 14.2 Å². The lowest BCUT2D eigenvalue weighted by molar-refractivity contribution is -0.173. The molecule has 0 bridgehead atoms. The van der Waals surface area contributed by atoms with E-state index in [9.17, 15) is 14.4 Å². The lowest BCUT2D eigenvalue weighted by Gasteiger charge is -2.33. The minimum atomic E-state index is -1.65. The van der Waals surface area contributed by atoms with E-state index < -0.39 is 29.2 Å². The SMILES string of the molecule is CCOC(=O)C[C@@H](c1ccccc1)C(C)(C(=O)OCC)C(=O)OCC. The van der Waals surface area contributed by atoms with Crippen LogP contribution in [0, 0.1) is 5.41 Å². The zero-order valence-electron chi connectivity index (χ0n) is 15.2. The molecule has 0 radical (unpaired) electrons. The Hall–Kier alpha value is -2.37. The van der Waals surface area contributed by atoms with Gasteiger partial charge in [-0.3, -0.25) is 14.4 Å². The maximum absolute atomic E-state index is 12.7. The Morgan fingerprint density at radius 1 is 0.880 bits per heavy atom. The third-order valence-electron chi connectivity index (χ3n) is 3.97. The largest absolute Gasteiger partial charge is 0.466 e. The molecule has 6 heteroatoms. The number of carbonyl (C=O) groups excluding carboxylic acids is 3. The third-order valence-corrected chi connectivity index (χ3v) is 3.97. The van der Waals surface area contributed by atoms with Gasteiger partial charge in [-0.15, -0.1) is 0 Å². The van der Waals surface area contributed by atoms with Gasteiger partial charge in [0.15, 0.2) is 5.41 Å². The molecule has 25 heavy (non-hydrogen) atoms. The van der Waals surface area contributed by atoms with Crippen LogP contribution in [0.5, 0.6) is 0 Å². The van der Waals surface area contributed by atoms with Crippen LogP contribution in [0.3, 0.4) is 0 Å². The minimum absolute atomic E-state index is 0.120. The second-order valence-corrected chi connectivity index (χ2v) is 5.62. The molecule has 0 spiro atoms. The van der Waals surface area contributed by atoms with E-state index in [4.69, 9.17) is 14.2 Å². The van der Waals surface area contributed by atoms with Gasteiger partial charge in [0.05, 0.1) is 26.2 Å². The lowest BCUT2D eigenvalue weighted by atomic mass is 9.71. The van der Waals surface area contributed by atoms with Gasteiger partial charge in [-0.1, -0.05) is 30.3 Å². The van der Waals surface area contributed by atoms with Gasteiger partial charge in [0.2, 0.25) is 0 Å². The number of esters is 3. The predicted octanol–water partition coefficient (Wildman–Crippen LogP) is 2.86. The average Bonchev–Trinajstić information content (AvgIpc) is 2.60. The van der Waals surface area contributed by atoms with Gasteiger partial charge in [0.1, 0.15) is 0 Å². The molecule has 0 fully saturated rings. The van der Waals surface area contributed by atoms with Gasteiger partial charge in [0, 0.05) is 5.92 Å². The van der Waals surface area contributed by atoms with Crippen LogP contribution >= 0.6 is 0 Å². The van der Waals surface area contributed by atoms with Crippen molar-refractivity contribution in [3.63, 3.8) is 0 Å². The van der Waals surface area contributed by atoms with Crippen LogP contribution < -0.4 is 0 Å². The van der Waals surface area contributed by atoms with E-state index in [2.05, 4.69) is 0 Å². The molecule has 0 heterocycles. The van der Waals surface area contributed by atoms with Crippen LogP contribution in [-0.2, 0) is 28.6 Å².